The van der Waals surface area contributed by atoms with Gasteiger partial charge in [0.2, 0.25) is 0 Å². The lowest BCUT2D eigenvalue weighted by Crippen LogP contribution is -2.25. The van der Waals surface area contributed by atoms with Crippen molar-refractivity contribution >= 4 is 12.4 Å². The molecule has 1 aromatic carbocycles. The first-order valence-corrected chi connectivity index (χ1v) is 5.27. The monoisotopic (exact) mass is 263 g/mol. The Morgan fingerprint density at radius 3 is 2.71 bits per heavy atom. The molecule has 0 spiro atoms. The quantitative estimate of drug-likeness (QED) is 0.845. The van der Waals surface area contributed by atoms with Crippen LogP contribution in [0.15, 0.2) is 18.2 Å². The summed E-state index contributed by atoms with van der Waals surface area (Å²) in [7, 11) is 0. The number of hydrogen-bond acceptors (Lipinski definition) is 3. The number of fused-ring (bicyclic) bond motifs is 1. The molecule has 94 valence electrons. The zero-order chi connectivity index (χ0) is 11.2. The van der Waals surface area contributed by atoms with Gasteiger partial charge in [0.25, 0.3) is 0 Å². The maximum atomic E-state index is 12.8. The van der Waals surface area contributed by atoms with Crippen LogP contribution in [0.1, 0.15) is 24.4 Å². The Balaban J connectivity index is 0.00000108. The van der Waals surface area contributed by atoms with E-state index in [1.165, 1.54) is 6.07 Å². The molecule has 1 saturated heterocycles. The summed E-state index contributed by atoms with van der Waals surface area (Å²) in [6.07, 6.45) is -1.39. The summed E-state index contributed by atoms with van der Waals surface area (Å²) in [5.41, 5.74) is 0.970. The van der Waals surface area contributed by atoms with E-state index in [1.807, 2.05) is 0 Å². The Morgan fingerprint density at radius 1 is 1.24 bits per heavy atom. The number of nitrogens with one attached hydrogen (secondary N) is 1. The molecular formula is C11H12ClF2NO2. The van der Waals surface area contributed by atoms with Crippen LogP contribution in [-0.4, -0.2) is 12.8 Å². The van der Waals surface area contributed by atoms with Gasteiger partial charge in [-0.05, 0) is 37.1 Å². The second-order valence-electron chi connectivity index (χ2n) is 4.02. The molecule has 0 radical (unpaired) electrons. The van der Waals surface area contributed by atoms with E-state index in [4.69, 9.17) is 0 Å². The SMILES string of the molecule is Cl.FC1(F)Oc2ccc([C@H]3CCCN3)cc2O1. The first-order valence-electron chi connectivity index (χ1n) is 5.27. The van der Waals surface area contributed by atoms with E-state index in [0.29, 0.717) is 0 Å². The Kier molecular flexibility index (Phi) is 3.14. The summed E-state index contributed by atoms with van der Waals surface area (Å²) in [5.74, 6) is 0.225. The molecule has 0 aliphatic carbocycles. The van der Waals surface area contributed by atoms with Crippen molar-refractivity contribution in [2.24, 2.45) is 0 Å². The molecule has 1 aromatic rings. The normalized spacial score (nSPS) is 24.5. The molecule has 0 unspecified atom stereocenters. The van der Waals surface area contributed by atoms with E-state index < -0.39 is 6.29 Å². The summed E-state index contributed by atoms with van der Waals surface area (Å²) >= 11 is 0. The molecule has 6 heteroatoms. The van der Waals surface area contributed by atoms with Crippen LogP contribution in [0.4, 0.5) is 8.78 Å². The number of hydrogen-bond donors (Lipinski definition) is 1. The highest BCUT2D eigenvalue weighted by Gasteiger charge is 2.43. The molecule has 0 saturated carbocycles. The van der Waals surface area contributed by atoms with Crippen molar-refractivity contribution in [2.75, 3.05) is 6.54 Å². The summed E-state index contributed by atoms with van der Waals surface area (Å²) in [4.78, 5) is 0. The number of ether oxygens (including phenoxy) is 2. The third-order valence-electron chi connectivity index (χ3n) is 2.89. The molecule has 2 heterocycles. The summed E-state index contributed by atoms with van der Waals surface area (Å²) in [6.45, 7) is 0.968. The van der Waals surface area contributed by atoms with E-state index in [-0.39, 0.29) is 29.9 Å². The predicted molar refractivity (Wildman–Crippen MR) is 59.9 cm³/mol. The molecule has 2 aliphatic heterocycles. The number of rotatable bonds is 1. The van der Waals surface area contributed by atoms with Crippen molar-refractivity contribution in [1.29, 1.82) is 0 Å². The molecule has 1 N–H and O–H groups in total. The van der Waals surface area contributed by atoms with E-state index in [1.54, 1.807) is 12.1 Å². The highest BCUT2D eigenvalue weighted by molar-refractivity contribution is 5.85. The first-order chi connectivity index (χ1) is 7.64. The van der Waals surface area contributed by atoms with Crippen molar-refractivity contribution in [3.63, 3.8) is 0 Å². The third kappa shape index (κ3) is 2.30. The Bertz CT molecular complexity index is 422. The van der Waals surface area contributed by atoms with Crippen molar-refractivity contribution in [2.45, 2.75) is 25.2 Å². The highest BCUT2D eigenvalue weighted by Crippen LogP contribution is 2.42. The molecule has 0 amide bonds. The molecule has 1 fully saturated rings. The fourth-order valence-corrected chi connectivity index (χ4v) is 2.15. The van der Waals surface area contributed by atoms with Gasteiger partial charge < -0.3 is 14.8 Å². The van der Waals surface area contributed by atoms with Crippen molar-refractivity contribution in [1.82, 2.24) is 5.32 Å². The van der Waals surface area contributed by atoms with Crippen LogP contribution >= 0.6 is 12.4 Å². The maximum absolute atomic E-state index is 12.8. The smallest absolute Gasteiger partial charge is 0.395 e. The molecule has 1 atom stereocenters. The molecule has 0 bridgehead atoms. The van der Waals surface area contributed by atoms with Crippen molar-refractivity contribution in [3.05, 3.63) is 23.8 Å². The Labute approximate surface area is 104 Å². The second kappa shape index (κ2) is 4.31. The lowest BCUT2D eigenvalue weighted by Gasteiger charge is -2.10. The topological polar surface area (TPSA) is 30.5 Å². The third-order valence-corrected chi connectivity index (χ3v) is 2.89. The lowest BCUT2D eigenvalue weighted by molar-refractivity contribution is -0.286. The van der Waals surface area contributed by atoms with Gasteiger partial charge in [-0.3, -0.25) is 0 Å². The molecule has 2 aliphatic rings. The van der Waals surface area contributed by atoms with Crippen LogP contribution in [0.3, 0.4) is 0 Å². The second-order valence-corrected chi connectivity index (χ2v) is 4.02. The standard InChI is InChI=1S/C11H11F2NO2.ClH/c12-11(13)15-9-4-3-7(6-10(9)16-11)8-2-1-5-14-8;/h3-4,6,8,14H,1-2,5H2;1H/t8-;/m1./s1. The fourth-order valence-electron chi connectivity index (χ4n) is 2.15. The number of halogens is 3. The number of benzene rings is 1. The Morgan fingerprint density at radius 2 is 2.00 bits per heavy atom. The van der Waals surface area contributed by atoms with Gasteiger partial charge in [-0.2, -0.15) is 0 Å². The molecule has 0 aromatic heterocycles. The minimum atomic E-state index is -3.52. The van der Waals surface area contributed by atoms with Gasteiger partial charge in [0.15, 0.2) is 11.5 Å². The summed E-state index contributed by atoms with van der Waals surface area (Å²) in [6, 6.07) is 5.19. The van der Waals surface area contributed by atoms with E-state index in [9.17, 15) is 8.78 Å². The van der Waals surface area contributed by atoms with Gasteiger partial charge in [0.1, 0.15) is 0 Å². The zero-order valence-electron chi connectivity index (χ0n) is 8.91. The van der Waals surface area contributed by atoms with Crippen LogP contribution in [0.25, 0.3) is 0 Å². The predicted octanol–water partition coefficient (Wildman–Crippen LogP) is 2.85. The van der Waals surface area contributed by atoms with Gasteiger partial charge in [0, 0.05) is 6.04 Å². The molecule has 3 rings (SSSR count). The van der Waals surface area contributed by atoms with Gasteiger partial charge in [-0.15, -0.1) is 21.2 Å². The van der Waals surface area contributed by atoms with Crippen molar-refractivity contribution < 1.29 is 18.3 Å². The fraction of sp³-hybridized carbons (Fsp3) is 0.455. The first kappa shape index (κ1) is 12.4. The molecule has 17 heavy (non-hydrogen) atoms. The molecule has 3 nitrogen and oxygen atoms in total. The van der Waals surface area contributed by atoms with Crippen molar-refractivity contribution in [3.8, 4) is 11.5 Å². The van der Waals surface area contributed by atoms with E-state index >= 15 is 0 Å². The van der Waals surface area contributed by atoms with E-state index in [0.717, 1.165) is 24.9 Å². The van der Waals surface area contributed by atoms with Crippen LogP contribution in [0, 0.1) is 0 Å². The number of alkyl halides is 2. The zero-order valence-corrected chi connectivity index (χ0v) is 9.73. The average molecular weight is 264 g/mol. The van der Waals surface area contributed by atoms with Crippen LogP contribution in [0.5, 0.6) is 11.5 Å². The van der Waals surface area contributed by atoms with Gasteiger partial charge in [-0.25, -0.2) is 0 Å². The van der Waals surface area contributed by atoms with Crippen LogP contribution in [0.2, 0.25) is 0 Å². The minimum absolute atomic E-state index is 0. The Hall–Kier alpha value is -1.07. The maximum Gasteiger partial charge on any atom is 0.586 e. The average Bonchev–Trinajstić information content (AvgIpc) is 2.80. The molecular weight excluding hydrogens is 252 g/mol. The van der Waals surface area contributed by atoms with Gasteiger partial charge in [0.05, 0.1) is 0 Å². The highest BCUT2D eigenvalue weighted by atomic mass is 35.5. The van der Waals surface area contributed by atoms with E-state index in [2.05, 4.69) is 14.8 Å². The van der Waals surface area contributed by atoms with Gasteiger partial charge in [-0.1, -0.05) is 6.07 Å². The van der Waals surface area contributed by atoms with Gasteiger partial charge >= 0.3 is 6.29 Å². The lowest BCUT2D eigenvalue weighted by atomic mass is 10.1. The minimum Gasteiger partial charge on any atom is -0.395 e. The van der Waals surface area contributed by atoms with Crippen LogP contribution < -0.4 is 14.8 Å². The largest absolute Gasteiger partial charge is 0.586 e. The van der Waals surface area contributed by atoms with Crippen LogP contribution in [-0.2, 0) is 0 Å². The summed E-state index contributed by atoms with van der Waals surface area (Å²) in [5, 5.41) is 3.30. The summed E-state index contributed by atoms with van der Waals surface area (Å²) < 4.78 is 34.3.